The minimum absolute atomic E-state index is 0.0675. The summed E-state index contributed by atoms with van der Waals surface area (Å²) >= 11 is 4.44. The zero-order valence-electron chi connectivity index (χ0n) is 18.6. The van der Waals surface area contributed by atoms with Gasteiger partial charge in [0, 0.05) is 35.4 Å². The van der Waals surface area contributed by atoms with Crippen LogP contribution in [-0.4, -0.2) is 31.4 Å². The van der Waals surface area contributed by atoms with Gasteiger partial charge >= 0.3 is 0 Å². The molecule has 1 aliphatic carbocycles. The molecule has 186 valence electrons. The summed E-state index contributed by atoms with van der Waals surface area (Å²) in [6, 6.07) is 15.2. The number of carbonyl (C=O) groups excluding carboxylic acids is 2. The lowest BCUT2D eigenvalue weighted by molar-refractivity contribution is -0.384. The maximum absolute atomic E-state index is 13.6. The lowest BCUT2D eigenvalue weighted by Gasteiger charge is -2.18. The number of rotatable bonds is 6. The van der Waals surface area contributed by atoms with Gasteiger partial charge in [0.05, 0.1) is 40.1 Å². The van der Waals surface area contributed by atoms with E-state index >= 15 is 0 Å². The molecule has 0 amide bonds. The predicted octanol–water partition coefficient (Wildman–Crippen LogP) is 6.90. The Balaban J connectivity index is 1.43. The molecule has 5 aromatic rings. The van der Waals surface area contributed by atoms with Crippen LogP contribution in [0.3, 0.4) is 0 Å². The van der Waals surface area contributed by atoms with Crippen molar-refractivity contribution in [1.29, 1.82) is 0 Å². The van der Waals surface area contributed by atoms with Gasteiger partial charge in [0.1, 0.15) is 0 Å². The maximum atomic E-state index is 13.6. The molecule has 2 aromatic heterocycles. The fraction of sp³-hybridized carbons (Fsp3) is 0. The Morgan fingerprint density at radius 1 is 0.658 bits per heavy atom. The van der Waals surface area contributed by atoms with Gasteiger partial charge in [0.15, 0.2) is 8.68 Å². The number of aromatic nitrogens is 2. The number of benzene rings is 3. The summed E-state index contributed by atoms with van der Waals surface area (Å²) in [7, 11) is 0. The molecule has 0 atom stereocenters. The maximum Gasteiger partial charge on any atom is 0.270 e. The van der Waals surface area contributed by atoms with E-state index in [1.807, 2.05) is 0 Å². The molecule has 0 unspecified atom stereocenters. The summed E-state index contributed by atoms with van der Waals surface area (Å²) in [5, 5.41) is 22.3. The first-order chi connectivity index (χ1) is 18.3. The number of fused-ring (bicyclic) bond motifs is 3. The number of carbonyl (C=O) groups is 2. The van der Waals surface area contributed by atoms with Gasteiger partial charge in [-0.05, 0) is 12.1 Å². The van der Waals surface area contributed by atoms with Gasteiger partial charge in [-0.25, -0.2) is 9.97 Å². The molecule has 10 nitrogen and oxygen atoms in total. The van der Waals surface area contributed by atoms with Crippen molar-refractivity contribution in [3.63, 3.8) is 0 Å². The van der Waals surface area contributed by atoms with Crippen LogP contribution in [0, 0.1) is 20.2 Å². The SMILES string of the molecule is O=C1C(Sc2nc3ccc([N+](=O)[O-])cc3s2)=C(Sc2nc3ccc([N+](=O)[O-])cc3s2)C(=O)c2ccccc21. The van der Waals surface area contributed by atoms with Crippen molar-refractivity contribution < 1.29 is 19.4 Å². The minimum Gasteiger partial charge on any atom is -0.288 e. The molecule has 0 spiro atoms. The number of non-ortho nitro benzene ring substituents is 2. The van der Waals surface area contributed by atoms with Crippen LogP contribution in [0.25, 0.3) is 20.4 Å². The van der Waals surface area contributed by atoms with Crippen molar-refractivity contribution in [3.8, 4) is 0 Å². The first-order valence-corrected chi connectivity index (χ1v) is 13.9. The van der Waals surface area contributed by atoms with Crippen molar-refractivity contribution in [1.82, 2.24) is 9.97 Å². The van der Waals surface area contributed by atoms with Crippen LogP contribution in [0.15, 0.2) is 79.2 Å². The van der Waals surface area contributed by atoms with Crippen molar-refractivity contribution in [2.45, 2.75) is 8.68 Å². The smallest absolute Gasteiger partial charge is 0.270 e. The number of nitrogens with zero attached hydrogens (tertiary/aromatic N) is 4. The fourth-order valence-electron chi connectivity index (χ4n) is 3.79. The lowest BCUT2D eigenvalue weighted by atomic mass is 9.94. The highest BCUT2D eigenvalue weighted by Crippen LogP contribution is 2.46. The number of ketones is 2. The predicted molar refractivity (Wildman–Crippen MR) is 146 cm³/mol. The van der Waals surface area contributed by atoms with Gasteiger partial charge in [-0.2, -0.15) is 0 Å². The second-order valence-corrected chi connectivity index (χ2v) is 12.4. The number of thioether (sulfide) groups is 2. The largest absolute Gasteiger partial charge is 0.288 e. The van der Waals surface area contributed by atoms with E-state index in [1.165, 1.54) is 46.9 Å². The van der Waals surface area contributed by atoms with Crippen LogP contribution in [0.5, 0.6) is 0 Å². The minimum atomic E-state index is -0.490. The van der Waals surface area contributed by atoms with E-state index in [4.69, 9.17) is 0 Å². The molecule has 6 rings (SSSR count). The van der Waals surface area contributed by atoms with E-state index in [9.17, 15) is 29.8 Å². The van der Waals surface area contributed by atoms with Gasteiger partial charge in [0.2, 0.25) is 11.6 Å². The quantitative estimate of drug-likeness (QED) is 0.154. The Morgan fingerprint density at radius 2 is 1.08 bits per heavy atom. The van der Waals surface area contributed by atoms with Crippen molar-refractivity contribution in [2.24, 2.45) is 0 Å². The van der Waals surface area contributed by atoms with E-state index < -0.39 is 9.85 Å². The lowest BCUT2D eigenvalue weighted by Crippen LogP contribution is -2.19. The number of thiazole rings is 2. The molecule has 0 aliphatic heterocycles. The molecule has 0 fully saturated rings. The van der Waals surface area contributed by atoms with Crippen molar-refractivity contribution in [3.05, 3.63) is 102 Å². The summed E-state index contributed by atoms with van der Waals surface area (Å²) in [6.45, 7) is 0. The van der Waals surface area contributed by atoms with E-state index in [-0.39, 0.29) is 43.9 Å². The Labute approximate surface area is 228 Å². The van der Waals surface area contributed by atoms with Gasteiger partial charge in [-0.1, -0.05) is 47.8 Å². The summed E-state index contributed by atoms with van der Waals surface area (Å²) in [4.78, 5) is 57.8. The molecule has 2 heterocycles. The van der Waals surface area contributed by atoms with Crippen LogP contribution in [0.4, 0.5) is 11.4 Å². The summed E-state index contributed by atoms with van der Waals surface area (Å²) in [5.74, 6) is -0.677. The monoisotopic (exact) mass is 578 g/mol. The Bertz CT molecular complexity index is 1760. The fourth-order valence-corrected chi connectivity index (χ4v) is 8.28. The molecule has 0 bridgehead atoms. The highest BCUT2D eigenvalue weighted by Gasteiger charge is 2.34. The van der Waals surface area contributed by atoms with Crippen LogP contribution < -0.4 is 0 Å². The zero-order valence-corrected chi connectivity index (χ0v) is 21.9. The van der Waals surface area contributed by atoms with E-state index in [1.54, 1.807) is 36.4 Å². The summed E-state index contributed by atoms with van der Waals surface area (Å²) in [5.41, 5.74) is 1.51. The third-order valence-corrected chi connectivity index (χ3v) is 10.0. The molecule has 38 heavy (non-hydrogen) atoms. The number of allylic oxidation sites excluding steroid dienone is 2. The van der Waals surface area contributed by atoms with Gasteiger partial charge < -0.3 is 0 Å². The van der Waals surface area contributed by atoms with E-state index in [2.05, 4.69) is 9.97 Å². The molecule has 0 N–H and O–H groups in total. The average molecular weight is 579 g/mol. The topological polar surface area (TPSA) is 146 Å². The molecular formula is C24H10N4O6S4. The first kappa shape index (κ1) is 24.4. The average Bonchev–Trinajstić information content (AvgIpc) is 3.51. The Morgan fingerprint density at radius 3 is 1.47 bits per heavy atom. The third kappa shape index (κ3) is 4.26. The Kier molecular flexibility index (Phi) is 6.03. The number of nitro benzene ring substituents is 2. The zero-order chi connectivity index (χ0) is 26.6. The summed E-state index contributed by atoms with van der Waals surface area (Å²) < 4.78 is 2.07. The molecule has 3 aromatic carbocycles. The Hall–Kier alpha value is -3.98. The van der Waals surface area contributed by atoms with Crippen molar-refractivity contribution in [2.75, 3.05) is 0 Å². The number of hydrogen-bond donors (Lipinski definition) is 0. The molecular weight excluding hydrogens is 569 g/mol. The van der Waals surface area contributed by atoms with Gasteiger partial charge in [0.25, 0.3) is 11.4 Å². The molecule has 0 radical (unpaired) electrons. The standard InChI is InChI=1S/C24H10N4O6S4/c29-19-13-3-1-2-4-14(13)20(30)22(38-24-26-16-8-6-12(28(33)34)10-18(16)36-24)21(19)37-23-25-15-7-5-11(27(31)32)9-17(15)35-23/h1-10H. The van der Waals surface area contributed by atoms with Crippen LogP contribution in [0.2, 0.25) is 0 Å². The summed E-state index contributed by atoms with van der Waals surface area (Å²) in [6.07, 6.45) is 0. The molecule has 0 saturated heterocycles. The second kappa shape index (κ2) is 9.40. The number of nitro groups is 2. The normalized spacial score (nSPS) is 13.4. The molecule has 0 saturated carbocycles. The second-order valence-electron chi connectivity index (χ2n) is 7.84. The third-order valence-electron chi connectivity index (χ3n) is 5.54. The van der Waals surface area contributed by atoms with Crippen LogP contribution in [-0.2, 0) is 0 Å². The highest BCUT2D eigenvalue weighted by molar-refractivity contribution is 8.09. The van der Waals surface area contributed by atoms with Gasteiger partial charge in [-0.3, -0.25) is 29.8 Å². The molecule has 14 heteroatoms. The number of Topliss-reactive ketones (excluding diaryl/α,β-unsaturated/α-hetero) is 2. The highest BCUT2D eigenvalue weighted by atomic mass is 32.2. The van der Waals surface area contributed by atoms with Crippen molar-refractivity contribution >= 4 is 89.6 Å². The van der Waals surface area contributed by atoms with E-state index in [0.717, 1.165) is 23.5 Å². The first-order valence-electron chi connectivity index (χ1n) is 10.7. The number of hydrogen-bond acceptors (Lipinski definition) is 12. The van der Waals surface area contributed by atoms with Gasteiger partial charge in [-0.15, -0.1) is 22.7 Å². The van der Waals surface area contributed by atoms with Crippen LogP contribution >= 0.6 is 46.2 Å². The molecule has 1 aliphatic rings. The van der Waals surface area contributed by atoms with E-state index in [0.29, 0.717) is 29.1 Å². The van der Waals surface area contributed by atoms with Crippen LogP contribution in [0.1, 0.15) is 20.7 Å².